The van der Waals surface area contributed by atoms with E-state index >= 15 is 0 Å². The number of allylic oxidation sites excluding steroid dienone is 16. The Morgan fingerprint density at radius 2 is 0.986 bits per heavy atom. The number of phosphoric acid groups is 2. The van der Waals surface area contributed by atoms with Gasteiger partial charge in [0.2, 0.25) is 0 Å². The summed E-state index contributed by atoms with van der Waals surface area (Å²) in [6.07, 6.45) is 39.4. The van der Waals surface area contributed by atoms with E-state index in [1.165, 1.54) is 19.3 Å². The molecule has 7 N–H and O–H groups in total. The second-order valence-electron chi connectivity index (χ2n) is 17.5. The van der Waals surface area contributed by atoms with Crippen LogP contribution in [-0.4, -0.2) is 115 Å². The zero-order valence-corrected chi connectivity index (χ0v) is 44.0. The summed E-state index contributed by atoms with van der Waals surface area (Å²) in [4.78, 5) is 54.4. The lowest BCUT2D eigenvalue weighted by molar-refractivity contribution is -0.216. The Hall–Kier alpha value is -3.38. The van der Waals surface area contributed by atoms with Gasteiger partial charge in [0.1, 0.15) is 43.2 Å². The van der Waals surface area contributed by atoms with Gasteiger partial charge < -0.3 is 49.3 Å². The summed E-state index contributed by atoms with van der Waals surface area (Å²) in [5.74, 6) is -1.35. The molecule has 1 saturated heterocycles. The molecule has 1 aliphatic carbocycles. The first-order valence-corrected chi connectivity index (χ1v) is 28.6. The molecular formula is C53H84O17P2. The van der Waals surface area contributed by atoms with E-state index in [-0.39, 0.29) is 12.8 Å². The van der Waals surface area contributed by atoms with E-state index < -0.39 is 83.5 Å². The van der Waals surface area contributed by atoms with Crippen LogP contribution in [0.3, 0.4) is 0 Å². The number of ether oxygens (including phenoxy) is 3. The van der Waals surface area contributed by atoms with E-state index in [1.807, 2.05) is 24.3 Å². The number of epoxide rings is 1. The van der Waals surface area contributed by atoms with Crippen LogP contribution in [0.4, 0.5) is 0 Å². The topological polar surface area (TPSA) is 269 Å². The molecule has 0 aromatic carbocycles. The summed E-state index contributed by atoms with van der Waals surface area (Å²) >= 11 is 0. The molecule has 19 heteroatoms. The van der Waals surface area contributed by atoms with Crippen LogP contribution < -0.4 is 0 Å². The molecule has 0 aromatic heterocycles. The van der Waals surface area contributed by atoms with Crippen LogP contribution >= 0.6 is 15.6 Å². The molecule has 0 spiro atoms. The maximum atomic E-state index is 13.0. The van der Waals surface area contributed by atoms with Gasteiger partial charge in [-0.25, -0.2) is 9.13 Å². The van der Waals surface area contributed by atoms with Crippen LogP contribution in [0.25, 0.3) is 0 Å². The Kier molecular flexibility index (Phi) is 35.1. The third kappa shape index (κ3) is 32.0. The molecular weight excluding hydrogens is 971 g/mol. The second-order valence-corrected chi connectivity index (χ2v) is 20.1. The minimum Gasteiger partial charge on any atom is -0.462 e. The first kappa shape index (κ1) is 64.7. The molecule has 0 radical (unpaired) electrons. The SMILES string of the molecule is CC/C=C\CC1OC1C/C=C\C/C=C\C/C=C\C/C=C\CCC(=O)OC[C@H](COP(=O)(O)O[C@H]1C(O)C(O)C(O)[C@@H](OP(=O)(O)O)C1O)OC(=O)CCCCC/C=C\C/C=C\C/C=C\C/C=C\CCCCC. The number of unbranched alkanes of at least 4 members (excludes halogenated alkanes) is 6. The predicted octanol–water partition coefficient (Wildman–Crippen LogP) is 9.49. The zero-order valence-electron chi connectivity index (χ0n) is 42.3. The summed E-state index contributed by atoms with van der Waals surface area (Å²) in [7, 11) is -10.7. The van der Waals surface area contributed by atoms with Crippen LogP contribution in [0.1, 0.15) is 142 Å². The summed E-state index contributed by atoms with van der Waals surface area (Å²) < 4.78 is 55.0. The lowest BCUT2D eigenvalue weighted by Crippen LogP contribution is -2.64. The lowest BCUT2D eigenvalue weighted by Gasteiger charge is -2.43. The van der Waals surface area contributed by atoms with Crippen molar-refractivity contribution >= 4 is 27.6 Å². The average molecular weight is 1060 g/mol. The molecule has 2 fully saturated rings. The van der Waals surface area contributed by atoms with Crippen LogP contribution in [0.5, 0.6) is 0 Å². The minimum atomic E-state index is -5.38. The highest BCUT2D eigenvalue weighted by atomic mass is 31.2. The van der Waals surface area contributed by atoms with Crippen LogP contribution in [-0.2, 0) is 46.5 Å². The van der Waals surface area contributed by atoms with Gasteiger partial charge >= 0.3 is 27.6 Å². The number of aliphatic hydroxyl groups is 4. The van der Waals surface area contributed by atoms with Crippen LogP contribution in [0.15, 0.2) is 109 Å². The normalized spacial score (nSPS) is 24.5. The third-order valence-electron chi connectivity index (χ3n) is 11.2. The van der Waals surface area contributed by atoms with E-state index in [0.29, 0.717) is 37.9 Å². The average Bonchev–Trinajstić information content (AvgIpc) is 4.10. The van der Waals surface area contributed by atoms with Crippen molar-refractivity contribution in [3.05, 3.63) is 109 Å². The van der Waals surface area contributed by atoms with E-state index in [1.54, 1.807) is 0 Å². The molecule has 10 atom stereocenters. The molecule has 7 unspecified atom stereocenters. The molecule has 0 bridgehead atoms. The molecule has 0 amide bonds. The fourth-order valence-corrected chi connectivity index (χ4v) is 8.73. The molecule has 1 heterocycles. The van der Waals surface area contributed by atoms with E-state index in [9.17, 15) is 53.8 Å². The van der Waals surface area contributed by atoms with E-state index in [2.05, 4.69) is 103 Å². The summed E-state index contributed by atoms with van der Waals surface area (Å²) in [5, 5.41) is 41.3. The number of carbonyl (C=O) groups excluding carboxylic acids is 2. The molecule has 2 rings (SSSR count). The molecule has 1 saturated carbocycles. The fraction of sp³-hybridized carbons (Fsp3) is 0.623. The van der Waals surface area contributed by atoms with Crippen molar-refractivity contribution in [3.63, 3.8) is 0 Å². The molecule has 2 aliphatic rings. The molecule has 17 nitrogen and oxygen atoms in total. The van der Waals surface area contributed by atoms with Crippen molar-refractivity contribution in [2.24, 2.45) is 0 Å². The number of carbonyl (C=O) groups is 2. The van der Waals surface area contributed by atoms with Crippen LogP contribution in [0, 0.1) is 0 Å². The number of esters is 2. The lowest BCUT2D eigenvalue weighted by atomic mass is 9.85. The first-order valence-electron chi connectivity index (χ1n) is 25.6. The standard InChI is InChI=1S/C53H84O17P2/c1-3-5-7-8-9-10-11-12-13-14-15-16-17-18-23-26-29-32-36-40-47(55)67-43(42-66-72(63,64)70-53-50(58)48(56)49(57)52(51(53)59)69-71(60,61)62)41-65-46(54)39-35-31-28-25-22-20-19-21-24-27-30-34-38-45-44(68-45)37-33-6-4-2/h6,9-10,12-13,15-16,18,20-24,28,30-31,33-34,43-45,48-53,56-59H,3-5,7-8,11,14,17,19,25-27,29,32,35-42H2,1-2H3,(H,63,64)(H2,60,61,62)/b10-9-,13-12-,16-15-,22-20-,23-18-,24-21-,31-28-,33-6-,34-30-/t43-,44?,45?,48?,49?,50?,51?,52-,53+/m1/s1. The Labute approximate surface area is 427 Å². The monoisotopic (exact) mass is 1050 g/mol. The maximum absolute atomic E-state index is 13.0. The van der Waals surface area contributed by atoms with Gasteiger partial charge in [0, 0.05) is 12.8 Å². The Balaban J connectivity index is 1.81. The molecule has 72 heavy (non-hydrogen) atoms. The maximum Gasteiger partial charge on any atom is 0.472 e. The second kappa shape index (κ2) is 39.1. The number of phosphoric ester groups is 2. The number of rotatable bonds is 40. The Bertz CT molecular complexity index is 1870. The highest BCUT2D eigenvalue weighted by Crippen LogP contribution is 2.49. The van der Waals surface area contributed by atoms with E-state index in [0.717, 1.165) is 70.6 Å². The fourth-order valence-electron chi connectivity index (χ4n) is 7.19. The van der Waals surface area contributed by atoms with Crippen molar-refractivity contribution in [2.75, 3.05) is 13.2 Å². The summed E-state index contributed by atoms with van der Waals surface area (Å²) in [6.45, 7) is 2.87. The van der Waals surface area contributed by atoms with Crippen molar-refractivity contribution in [1.29, 1.82) is 0 Å². The van der Waals surface area contributed by atoms with E-state index in [4.69, 9.17) is 23.3 Å². The predicted molar refractivity (Wildman–Crippen MR) is 277 cm³/mol. The quantitative estimate of drug-likeness (QED) is 0.00990. The molecule has 0 aromatic rings. The Morgan fingerprint density at radius 3 is 1.50 bits per heavy atom. The smallest absolute Gasteiger partial charge is 0.462 e. The van der Waals surface area contributed by atoms with Crippen molar-refractivity contribution in [3.8, 4) is 0 Å². The molecule has 1 aliphatic heterocycles. The summed E-state index contributed by atoms with van der Waals surface area (Å²) in [6, 6.07) is 0. The van der Waals surface area contributed by atoms with Gasteiger partial charge in [-0.3, -0.25) is 23.2 Å². The van der Waals surface area contributed by atoms with Gasteiger partial charge in [-0.2, -0.15) is 0 Å². The van der Waals surface area contributed by atoms with Crippen molar-refractivity contribution in [2.45, 2.75) is 197 Å². The Morgan fingerprint density at radius 1 is 0.514 bits per heavy atom. The highest BCUT2D eigenvalue weighted by Gasteiger charge is 2.54. The summed E-state index contributed by atoms with van der Waals surface area (Å²) in [5.41, 5.74) is 0. The van der Waals surface area contributed by atoms with Gasteiger partial charge in [0.25, 0.3) is 0 Å². The molecule has 408 valence electrons. The van der Waals surface area contributed by atoms with Gasteiger partial charge in [-0.15, -0.1) is 0 Å². The minimum absolute atomic E-state index is 0.0183. The van der Waals surface area contributed by atoms with Gasteiger partial charge in [0.05, 0.1) is 18.8 Å². The largest absolute Gasteiger partial charge is 0.472 e. The third-order valence-corrected chi connectivity index (χ3v) is 12.7. The number of hydrogen-bond acceptors (Lipinski definition) is 14. The van der Waals surface area contributed by atoms with Crippen molar-refractivity contribution in [1.82, 2.24) is 0 Å². The van der Waals surface area contributed by atoms with Crippen LogP contribution in [0.2, 0.25) is 0 Å². The van der Waals surface area contributed by atoms with Gasteiger partial charge in [-0.1, -0.05) is 142 Å². The highest BCUT2D eigenvalue weighted by molar-refractivity contribution is 7.47. The number of aliphatic hydroxyl groups excluding tert-OH is 4. The zero-order chi connectivity index (χ0) is 52.9. The van der Waals surface area contributed by atoms with Gasteiger partial charge in [0.15, 0.2) is 6.10 Å². The number of hydrogen-bond donors (Lipinski definition) is 7. The van der Waals surface area contributed by atoms with Crippen molar-refractivity contribution < 1.29 is 81.6 Å². The first-order chi connectivity index (χ1) is 34.6. The van der Waals surface area contributed by atoms with Gasteiger partial charge in [-0.05, 0) is 96.3 Å².